The van der Waals surface area contributed by atoms with Crippen molar-refractivity contribution < 1.29 is 17.7 Å². The van der Waals surface area contributed by atoms with E-state index < -0.39 is 10.0 Å². The molecule has 0 saturated carbocycles. The van der Waals surface area contributed by atoms with Gasteiger partial charge in [0, 0.05) is 16.5 Å². The van der Waals surface area contributed by atoms with Crippen LogP contribution in [0.4, 0.5) is 5.69 Å². The van der Waals surface area contributed by atoms with Crippen molar-refractivity contribution in [3.05, 3.63) is 46.5 Å². The van der Waals surface area contributed by atoms with Gasteiger partial charge in [0.2, 0.25) is 0 Å². The van der Waals surface area contributed by atoms with Gasteiger partial charge in [-0.3, -0.25) is 4.72 Å². The lowest BCUT2D eigenvalue weighted by Gasteiger charge is -2.08. The van der Waals surface area contributed by atoms with E-state index in [0.29, 0.717) is 22.1 Å². The lowest BCUT2D eigenvalue weighted by Crippen LogP contribution is -2.13. The van der Waals surface area contributed by atoms with Crippen molar-refractivity contribution in [2.45, 2.75) is 25.7 Å². The van der Waals surface area contributed by atoms with Crippen LogP contribution in [0.1, 0.15) is 16.1 Å². The fourth-order valence-corrected chi connectivity index (χ4v) is 5.06. The van der Waals surface area contributed by atoms with Crippen molar-refractivity contribution in [2.75, 3.05) is 11.8 Å². The van der Waals surface area contributed by atoms with E-state index in [9.17, 15) is 8.42 Å². The number of methoxy groups -OCH3 is 1. The van der Waals surface area contributed by atoms with Gasteiger partial charge < -0.3 is 9.26 Å². The number of thiophene rings is 1. The van der Waals surface area contributed by atoms with Crippen molar-refractivity contribution in [3.63, 3.8) is 0 Å². The Morgan fingerprint density at radius 1 is 1.20 bits per heavy atom. The van der Waals surface area contributed by atoms with Crippen LogP contribution >= 0.6 is 11.3 Å². The molecule has 0 atom stereocenters. The second kappa shape index (κ2) is 6.53. The van der Waals surface area contributed by atoms with E-state index in [4.69, 9.17) is 9.26 Å². The highest BCUT2D eigenvalue weighted by molar-refractivity contribution is 7.93. The number of aryl methyl sites for hydroxylation is 2. The van der Waals surface area contributed by atoms with Gasteiger partial charge in [0.1, 0.15) is 10.6 Å². The molecule has 2 aromatic heterocycles. The highest BCUT2D eigenvalue weighted by Gasteiger charge is 2.23. The van der Waals surface area contributed by atoms with E-state index >= 15 is 0 Å². The van der Waals surface area contributed by atoms with Crippen LogP contribution < -0.4 is 9.46 Å². The minimum Gasteiger partial charge on any atom is -0.497 e. The standard InChI is InChI=1S/C17H18N2O4S2/c1-10-11(2)18-23-17(10)15-9-16(12(3)24-15)25(20,21)19-13-6-5-7-14(8-13)22-4/h5-9,19H,1-4H3. The number of ether oxygens (including phenoxy) is 1. The summed E-state index contributed by atoms with van der Waals surface area (Å²) in [7, 11) is -2.19. The monoisotopic (exact) mass is 378 g/mol. The molecule has 0 aliphatic rings. The third-order valence-corrected chi connectivity index (χ3v) is 6.55. The molecule has 0 aliphatic heterocycles. The zero-order chi connectivity index (χ0) is 18.2. The third kappa shape index (κ3) is 3.40. The Labute approximate surface area is 150 Å². The summed E-state index contributed by atoms with van der Waals surface area (Å²) in [6.45, 7) is 5.52. The largest absolute Gasteiger partial charge is 0.497 e. The normalized spacial score (nSPS) is 11.5. The summed E-state index contributed by atoms with van der Waals surface area (Å²) >= 11 is 1.36. The maximum Gasteiger partial charge on any atom is 0.263 e. The van der Waals surface area contributed by atoms with E-state index in [-0.39, 0.29) is 4.90 Å². The summed E-state index contributed by atoms with van der Waals surface area (Å²) in [5, 5.41) is 3.93. The van der Waals surface area contributed by atoms with Crippen LogP contribution in [-0.2, 0) is 10.0 Å². The molecule has 3 aromatic rings. The van der Waals surface area contributed by atoms with Gasteiger partial charge in [-0.2, -0.15) is 0 Å². The molecule has 0 saturated heterocycles. The molecule has 0 radical (unpaired) electrons. The van der Waals surface area contributed by atoms with Gasteiger partial charge in [0.05, 0.1) is 23.4 Å². The molecule has 25 heavy (non-hydrogen) atoms. The van der Waals surface area contributed by atoms with E-state index in [1.165, 1.54) is 18.4 Å². The summed E-state index contributed by atoms with van der Waals surface area (Å²) in [6.07, 6.45) is 0. The predicted molar refractivity (Wildman–Crippen MR) is 97.8 cm³/mol. The molecule has 0 bridgehead atoms. The van der Waals surface area contributed by atoms with Crippen molar-refractivity contribution in [1.29, 1.82) is 0 Å². The number of nitrogens with one attached hydrogen (secondary N) is 1. The van der Waals surface area contributed by atoms with Gasteiger partial charge in [-0.1, -0.05) is 11.2 Å². The number of aromatic nitrogens is 1. The van der Waals surface area contributed by atoms with Crippen LogP contribution in [0.3, 0.4) is 0 Å². The summed E-state index contributed by atoms with van der Waals surface area (Å²) in [5.74, 6) is 1.18. The Morgan fingerprint density at radius 3 is 2.60 bits per heavy atom. The SMILES string of the molecule is COc1cccc(NS(=O)(=O)c2cc(-c3onc(C)c3C)sc2C)c1. The second-order valence-electron chi connectivity index (χ2n) is 5.59. The number of nitrogens with zero attached hydrogens (tertiary/aromatic N) is 1. The fourth-order valence-electron chi connectivity index (χ4n) is 2.39. The maximum absolute atomic E-state index is 12.8. The van der Waals surface area contributed by atoms with Crippen LogP contribution in [-0.4, -0.2) is 20.7 Å². The molecule has 8 heteroatoms. The van der Waals surface area contributed by atoms with Crippen molar-refractivity contribution in [1.82, 2.24) is 5.16 Å². The predicted octanol–water partition coefficient (Wildman–Crippen LogP) is 4.14. The smallest absolute Gasteiger partial charge is 0.263 e. The maximum atomic E-state index is 12.8. The van der Waals surface area contributed by atoms with Crippen LogP contribution in [0.5, 0.6) is 5.75 Å². The van der Waals surface area contributed by atoms with E-state index in [0.717, 1.165) is 16.1 Å². The molecule has 0 aliphatic carbocycles. The number of hydrogen-bond donors (Lipinski definition) is 1. The molecule has 1 aromatic carbocycles. The first kappa shape index (κ1) is 17.5. The Kier molecular flexibility index (Phi) is 4.57. The number of benzene rings is 1. The lowest BCUT2D eigenvalue weighted by molar-refractivity contribution is 0.415. The molecule has 2 heterocycles. The minimum atomic E-state index is -3.72. The Bertz CT molecular complexity index is 1020. The van der Waals surface area contributed by atoms with Gasteiger partial charge in [-0.25, -0.2) is 8.42 Å². The topological polar surface area (TPSA) is 81.4 Å². The van der Waals surface area contributed by atoms with Crippen molar-refractivity contribution in [2.24, 2.45) is 0 Å². The first-order valence-electron chi connectivity index (χ1n) is 7.52. The van der Waals surface area contributed by atoms with E-state index in [1.807, 2.05) is 13.8 Å². The Balaban J connectivity index is 1.96. The Morgan fingerprint density at radius 2 is 1.96 bits per heavy atom. The minimum absolute atomic E-state index is 0.226. The van der Waals surface area contributed by atoms with Crippen molar-refractivity contribution in [3.8, 4) is 16.4 Å². The zero-order valence-electron chi connectivity index (χ0n) is 14.3. The number of sulfonamides is 1. The van der Waals surface area contributed by atoms with E-state index in [1.54, 1.807) is 37.3 Å². The van der Waals surface area contributed by atoms with Gasteiger partial charge >= 0.3 is 0 Å². The van der Waals surface area contributed by atoms with Crippen LogP contribution in [0.25, 0.3) is 10.6 Å². The third-order valence-electron chi connectivity index (χ3n) is 3.86. The van der Waals surface area contributed by atoms with Gasteiger partial charge in [-0.15, -0.1) is 11.3 Å². The summed E-state index contributed by atoms with van der Waals surface area (Å²) in [6, 6.07) is 8.40. The number of rotatable bonds is 5. The molecule has 1 N–H and O–H groups in total. The average molecular weight is 378 g/mol. The molecule has 0 unspecified atom stereocenters. The zero-order valence-corrected chi connectivity index (χ0v) is 15.9. The second-order valence-corrected chi connectivity index (χ2v) is 8.50. The highest BCUT2D eigenvalue weighted by Crippen LogP contribution is 2.36. The van der Waals surface area contributed by atoms with Gasteiger partial charge in [-0.05, 0) is 39.0 Å². The van der Waals surface area contributed by atoms with Crippen molar-refractivity contribution >= 4 is 27.0 Å². The molecule has 0 fully saturated rings. The first-order chi connectivity index (χ1) is 11.8. The average Bonchev–Trinajstić information content (AvgIpc) is 3.11. The molecular weight excluding hydrogens is 360 g/mol. The first-order valence-corrected chi connectivity index (χ1v) is 9.82. The fraction of sp³-hybridized carbons (Fsp3) is 0.235. The Hall–Kier alpha value is -2.32. The van der Waals surface area contributed by atoms with Gasteiger partial charge in [0.15, 0.2) is 5.76 Å². The molecule has 6 nitrogen and oxygen atoms in total. The molecular formula is C17H18N2O4S2. The molecule has 3 rings (SSSR count). The van der Waals surface area contributed by atoms with E-state index in [2.05, 4.69) is 9.88 Å². The summed E-state index contributed by atoms with van der Waals surface area (Å²) < 4.78 is 38.6. The number of anilines is 1. The highest BCUT2D eigenvalue weighted by atomic mass is 32.2. The summed E-state index contributed by atoms with van der Waals surface area (Å²) in [4.78, 5) is 1.64. The lowest BCUT2D eigenvalue weighted by atomic mass is 10.2. The molecule has 0 amide bonds. The number of hydrogen-bond acceptors (Lipinski definition) is 6. The summed E-state index contributed by atoms with van der Waals surface area (Å²) in [5.41, 5.74) is 2.14. The van der Waals surface area contributed by atoms with Crippen LogP contribution in [0.15, 0.2) is 39.8 Å². The quantitative estimate of drug-likeness (QED) is 0.722. The van der Waals surface area contributed by atoms with Crippen LogP contribution in [0, 0.1) is 20.8 Å². The van der Waals surface area contributed by atoms with Crippen LogP contribution in [0.2, 0.25) is 0 Å². The molecule has 0 spiro atoms. The van der Waals surface area contributed by atoms with Gasteiger partial charge in [0.25, 0.3) is 10.0 Å². The molecule has 132 valence electrons.